The molecular weight excluding hydrogens is 480 g/mol. The van der Waals surface area contributed by atoms with Gasteiger partial charge in [-0.15, -0.1) is 5.17 Å². The number of nitrogens with two attached hydrogens (primary N) is 1. The topological polar surface area (TPSA) is 245 Å². The maximum atomic E-state index is 11.2. The minimum absolute atomic E-state index is 0.0666. The molecule has 2 aromatic rings. The van der Waals surface area contributed by atoms with Gasteiger partial charge in [-0.3, -0.25) is 35.4 Å². The van der Waals surface area contributed by atoms with Crippen LogP contribution >= 0.6 is 0 Å². The number of methoxy groups -OCH3 is 2. The summed E-state index contributed by atoms with van der Waals surface area (Å²) in [6, 6.07) is 6.82. The summed E-state index contributed by atoms with van der Waals surface area (Å²) >= 11 is 0. The molecule has 0 radical (unpaired) electrons. The number of nitrogens with zero attached hydrogens (tertiary/aromatic N) is 4. The first-order valence-electron chi connectivity index (χ1n) is 8.73. The third-order valence-electron chi connectivity index (χ3n) is 3.87. The van der Waals surface area contributed by atoms with E-state index in [0.717, 1.165) is 18.7 Å². The van der Waals surface area contributed by atoms with Crippen LogP contribution in [-0.4, -0.2) is 59.6 Å². The fourth-order valence-corrected chi connectivity index (χ4v) is 2.81. The summed E-state index contributed by atoms with van der Waals surface area (Å²) in [7, 11) is -1.68. The second kappa shape index (κ2) is 11.5. The van der Waals surface area contributed by atoms with Crippen molar-refractivity contribution in [2.45, 2.75) is 11.8 Å². The average Bonchev–Trinajstić information content (AvgIpc) is 2.75. The number of nitro benzene ring substituents is 2. The first kappa shape index (κ1) is 27.7. The van der Waals surface area contributed by atoms with Gasteiger partial charge in [0.25, 0.3) is 10.1 Å². The van der Waals surface area contributed by atoms with Crippen molar-refractivity contribution in [3.8, 4) is 11.5 Å². The van der Waals surface area contributed by atoms with Crippen LogP contribution in [-0.2, 0) is 10.1 Å². The van der Waals surface area contributed by atoms with Crippen molar-refractivity contribution in [3.05, 3.63) is 61.7 Å². The molecule has 0 aliphatic rings. The molecule has 0 amide bonds. The molecule has 0 aliphatic carbocycles. The largest absolute Gasteiger partial charge is 0.493 e. The number of hydrogen-bond donors (Lipinski definition) is 4. The lowest BCUT2D eigenvalue weighted by atomic mass is 10.1. The fourth-order valence-electron chi connectivity index (χ4n) is 2.33. The molecular formula is C17H20N6O10S. The summed E-state index contributed by atoms with van der Waals surface area (Å²) in [4.78, 5) is 20.2. The zero-order valence-electron chi connectivity index (χ0n) is 17.9. The van der Waals surface area contributed by atoms with Gasteiger partial charge in [-0.25, -0.2) is 0 Å². The number of hydrogen-bond acceptors (Lipinski definition) is 11. The van der Waals surface area contributed by atoms with Gasteiger partial charge in [0.1, 0.15) is 5.56 Å². The molecule has 5 N–H and O–H groups in total. The number of guanidine groups is 1. The monoisotopic (exact) mass is 500 g/mol. The van der Waals surface area contributed by atoms with Gasteiger partial charge in [-0.1, -0.05) is 17.7 Å². The van der Waals surface area contributed by atoms with Crippen LogP contribution in [0.3, 0.4) is 0 Å². The Labute approximate surface area is 192 Å². The average molecular weight is 500 g/mol. The highest BCUT2D eigenvalue weighted by atomic mass is 32.2. The van der Waals surface area contributed by atoms with Crippen molar-refractivity contribution in [2.75, 3.05) is 14.2 Å². The Morgan fingerprint density at radius 1 is 1.18 bits per heavy atom. The van der Waals surface area contributed by atoms with Gasteiger partial charge in [0.05, 0.1) is 41.2 Å². The number of nitro groups is 2. The summed E-state index contributed by atoms with van der Waals surface area (Å²) in [5.74, 6) is -1.25. The van der Waals surface area contributed by atoms with E-state index in [1.807, 2.05) is 6.92 Å². The zero-order chi connectivity index (χ0) is 26.2. The molecule has 0 unspecified atom stereocenters. The van der Waals surface area contributed by atoms with Crippen molar-refractivity contribution >= 4 is 33.7 Å². The Balaban J connectivity index is 0.000000437. The summed E-state index contributed by atoms with van der Waals surface area (Å²) < 4.78 is 39.4. The van der Waals surface area contributed by atoms with Crippen molar-refractivity contribution in [1.82, 2.24) is 5.17 Å². The van der Waals surface area contributed by atoms with Crippen LogP contribution in [0.25, 0.3) is 0 Å². The second-order valence-electron chi connectivity index (χ2n) is 6.12. The van der Waals surface area contributed by atoms with E-state index in [2.05, 4.69) is 5.10 Å². The molecule has 184 valence electrons. The molecule has 0 saturated heterocycles. The lowest BCUT2D eigenvalue weighted by Crippen LogP contribution is -2.29. The number of ether oxygens (including phenoxy) is 2. The van der Waals surface area contributed by atoms with E-state index in [0.29, 0.717) is 6.21 Å². The molecule has 2 aromatic carbocycles. The Morgan fingerprint density at radius 2 is 1.74 bits per heavy atom. The third-order valence-corrected chi connectivity index (χ3v) is 4.74. The molecule has 34 heavy (non-hydrogen) atoms. The van der Waals surface area contributed by atoms with Gasteiger partial charge in [0.15, 0.2) is 11.5 Å². The van der Waals surface area contributed by atoms with E-state index in [1.54, 1.807) is 12.1 Å². The Morgan fingerprint density at radius 3 is 2.12 bits per heavy atom. The minimum Gasteiger partial charge on any atom is -0.493 e. The van der Waals surface area contributed by atoms with Gasteiger partial charge in [-0.05, 0) is 19.1 Å². The Hall–Kier alpha value is -4.35. The highest BCUT2D eigenvalue weighted by molar-refractivity contribution is 7.85. The lowest BCUT2D eigenvalue weighted by molar-refractivity contribution is -0.422. The minimum atomic E-state index is -4.02. The highest BCUT2D eigenvalue weighted by Crippen LogP contribution is 2.42. The predicted molar refractivity (Wildman–Crippen MR) is 117 cm³/mol. The molecule has 0 aromatic heterocycles. The second-order valence-corrected chi connectivity index (χ2v) is 7.54. The van der Waals surface area contributed by atoms with Gasteiger partial charge >= 0.3 is 11.4 Å². The lowest BCUT2D eigenvalue weighted by Gasteiger charge is -2.11. The highest BCUT2D eigenvalue weighted by Gasteiger charge is 2.34. The summed E-state index contributed by atoms with van der Waals surface area (Å²) in [6.07, 6.45) is 0.688. The van der Waals surface area contributed by atoms with E-state index in [-0.39, 0.29) is 21.6 Å². The molecule has 2 rings (SSSR count). The molecule has 0 spiro atoms. The molecule has 0 saturated carbocycles. The molecule has 17 heteroatoms. The smallest absolute Gasteiger partial charge is 0.358 e. The molecule has 16 nitrogen and oxygen atoms in total. The normalized spacial score (nSPS) is 10.7. The van der Waals surface area contributed by atoms with Crippen molar-refractivity contribution < 1.29 is 37.5 Å². The van der Waals surface area contributed by atoms with Crippen molar-refractivity contribution in [3.63, 3.8) is 0 Å². The van der Waals surface area contributed by atoms with Crippen LogP contribution in [0.15, 0.2) is 40.3 Å². The summed E-state index contributed by atoms with van der Waals surface area (Å²) in [6.45, 7) is 1.84. The Bertz CT molecular complexity index is 1210. The van der Waals surface area contributed by atoms with E-state index >= 15 is 0 Å². The Kier molecular flexibility index (Phi) is 9.36. The third kappa shape index (κ3) is 7.08. The van der Waals surface area contributed by atoms with Crippen LogP contribution in [0.4, 0.5) is 11.4 Å². The number of aryl methyl sites for hydroxylation is 1. The quantitative estimate of drug-likeness (QED) is 0.139. The molecule has 0 bridgehead atoms. The number of nitrogens with one attached hydrogen (secondary N) is 1. The van der Waals surface area contributed by atoms with Crippen LogP contribution in [0.5, 0.6) is 11.5 Å². The van der Waals surface area contributed by atoms with Crippen LogP contribution < -0.4 is 15.2 Å². The number of hydroxylamine groups is 1. The summed E-state index contributed by atoms with van der Waals surface area (Å²) in [5.41, 5.74) is 3.68. The SMILES string of the molecule is COc1cc([N+](=O)[O-])c([N+](=O)[O-])c(/C=N/N(O)C(=N)N)c1OC.Cc1ccc(S(=O)(=O)O)cc1. The number of benzene rings is 2. The van der Waals surface area contributed by atoms with E-state index in [4.69, 9.17) is 25.2 Å². The summed E-state index contributed by atoms with van der Waals surface area (Å²) in [5, 5.41) is 41.5. The maximum absolute atomic E-state index is 11.2. The van der Waals surface area contributed by atoms with E-state index < -0.39 is 42.9 Å². The molecule has 0 atom stereocenters. The van der Waals surface area contributed by atoms with Gasteiger partial charge in [0.2, 0.25) is 5.96 Å². The molecule has 0 aliphatic heterocycles. The van der Waals surface area contributed by atoms with Crippen molar-refractivity contribution in [1.29, 1.82) is 5.41 Å². The van der Waals surface area contributed by atoms with Crippen LogP contribution in [0.2, 0.25) is 0 Å². The van der Waals surface area contributed by atoms with Gasteiger partial charge in [0, 0.05) is 0 Å². The van der Waals surface area contributed by atoms with E-state index in [9.17, 15) is 33.9 Å². The van der Waals surface area contributed by atoms with E-state index in [1.165, 1.54) is 19.2 Å². The predicted octanol–water partition coefficient (Wildman–Crippen LogP) is 1.68. The zero-order valence-corrected chi connectivity index (χ0v) is 18.7. The van der Waals surface area contributed by atoms with Crippen molar-refractivity contribution in [2.24, 2.45) is 10.8 Å². The first-order chi connectivity index (χ1) is 15.7. The van der Waals surface area contributed by atoms with Gasteiger partial charge in [-0.2, -0.15) is 13.5 Å². The number of hydrazone groups is 1. The number of rotatable bonds is 7. The molecule has 0 heterocycles. The first-order valence-corrected chi connectivity index (χ1v) is 10.2. The van der Waals surface area contributed by atoms with Crippen LogP contribution in [0, 0.1) is 32.6 Å². The standard InChI is InChI=1S/C10H12N6O7.C7H8O3S/c1-22-7-3-6(15(18)19)8(16(20)21)5(9(7)23-2)4-13-14(17)10(11)12;1-6-2-4-7(5-3-6)11(8,9)10/h3-4,17H,1-2H3,(H3,11,12);2-5H,1H3,(H,8,9,10)/b13-4+;. The fraction of sp³-hybridized carbons (Fsp3) is 0.176. The molecule has 0 fully saturated rings. The van der Waals surface area contributed by atoms with Gasteiger partial charge < -0.3 is 15.2 Å². The van der Waals surface area contributed by atoms with Crippen LogP contribution in [0.1, 0.15) is 11.1 Å². The maximum Gasteiger partial charge on any atom is 0.358 e.